The molecule has 3 radical (unpaired) electrons. The zero-order valence-electron chi connectivity index (χ0n) is 16.7. The zero-order chi connectivity index (χ0) is 18.3. The Bertz CT molecular complexity index is 858. The molecule has 6 heteroatoms. The Balaban J connectivity index is 0.00000312. The predicted molar refractivity (Wildman–Crippen MR) is 106 cm³/mol. The predicted octanol–water partition coefficient (Wildman–Crippen LogP) is 4.78. The molecule has 0 aromatic heterocycles. The van der Waals surface area contributed by atoms with Crippen LogP contribution in [0.1, 0.15) is 59.6 Å². The van der Waals surface area contributed by atoms with Gasteiger partial charge < -0.3 is 0 Å². The van der Waals surface area contributed by atoms with E-state index in [-0.39, 0.29) is 47.8 Å². The van der Waals surface area contributed by atoms with Crippen LogP contribution in [0.5, 0.6) is 0 Å². The van der Waals surface area contributed by atoms with Gasteiger partial charge >= 0.3 is 0 Å². The van der Waals surface area contributed by atoms with E-state index >= 15 is 0 Å². The molecule has 0 aliphatic rings. The maximum atomic E-state index is 12.6. The number of hydrogen-bond acceptors (Lipinski definition) is 3. The van der Waals surface area contributed by atoms with Crippen LogP contribution in [0, 0.1) is 0 Å². The summed E-state index contributed by atoms with van der Waals surface area (Å²) in [5.41, 5.74) is 2.02. The first kappa shape index (κ1) is 25.2. The van der Waals surface area contributed by atoms with Crippen LogP contribution in [0.4, 0.5) is 0 Å². The van der Waals surface area contributed by atoms with Crippen molar-refractivity contribution in [2.75, 3.05) is 6.61 Å². The summed E-state index contributed by atoms with van der Waals surface area (Å²) in [4.78, 5) is 0.257. The minimum absolute atomic E-state index is 0. The van der Waals surface area contributed by atoms with E-state index in [4.69, 9.17) is 4.18 Å². The van der Waals surface area contributed by atoms with Gasteiger partial charge in [0.15, 0.2) is 0 Å². The van der Waals surface area contributed by atoms with E-state index in [2.05, 4.69) is 53.7 Å². The summed E-state index contributed by atoms with van der Waals surface area (Å²) in [5, 5.41) is 1.65. The second-order valence-electron chi connectivity index (χ2n) is 8.27. The monoisotopic (exact) mass is 415 g/mol. The standard InChI is InChI=1S/C20H28O3S.B.Fe/c1-8-23-24(21,22)18-13-16(20(5,6)7)12-14-11-15(19(2,3)4)9-10-17(14)18;;/h9-13H,8H2,1-7H3;;. The van der Waals surface area contributed by atoms with Crippen molar-refractivity contribution in [2.24, 2.45) is 0 Å². The van der Waals surface area contributed by atoms with E-state index < -0.39 is 10.1 Å². The van der Waals surface area contributed by atoms with Crippen molar-refractivity contribution in [2.45, 2.75) is 64.2 Å². The summed E-state index contributed by atoms with van der Waals surface area (Å²) in [6, 6.07) is 9.84. The molecule has 2 aromatic carbocycles. The third kappa shape index (κ3) is 5.35. The molecule has 0 saturated carbocycles. The molecule has 2 aromatic rings. The van der Waals surface area contributed by atoms with E-state index in [0.29, 0.717) is 5.39 Å². The Hall–Kier alpha value is -0.806. The molecular formula is C20H28BFeO3S. The molecule has 0 atom stereocenters. The number of fused-ring (bicyclic) bond motifs is 1. The van der Waals surface area contributed by atoms with Crippen LogP contribution in [0.15, 0.2) is 35.2 Å². The molecule has 0 aliphatic carbocycles. The SMILES string of the molecule is CCOS(=O)(=O)c1cc(C(C)(C)C)cc2cc(C(C)(C)C)ccc12.[B].[Fe]. The molecule has 0 N–H and O–H groups in total. The second kappa shape index (κ2) is 8.47. The largest absolute Gasteiger partial charge is 0.297 e. The Morgan fingerprint density at radius 2 is 1.38 bits per heavy atom. The smallest absolute Gasteiger partial charge is 0.267 e. The van der Waals surface area contributed by atoms with Crippen LogP contribution < -0.4 is 0 Å². The molecule has 2 rings (SSSR count). The topological polar surface area (TPSA) is 43.4 Å². The molecule has 0 aliphatic heterocycles. The van der Waals surface area contributed by atoms with E-state index in [1.807, 2.05) is 12.1 Å². The number of hydrogen-bond donors (Lipinski definition) is 0. The van der Waals surface area contributed by atoms with Gasteiger partial charge in [0.05, 0.1) is 6.61 Å². The van der Waals surface area contributed by atoms with Gasteiger partial charge in [-0.2, -0.15) is 8.42 Å². The maximum Gasteiger partial charge on any atom is 0.297 e. The van der Waals surface area contributed by atoms with Gasteiger partial charge in [0, 0.05) is 30.9 Å². The third-order valence-electron chi connectivity index (χ3n) is 4.19. The fourth-order valence-corrected chi connectivity index (χ4v) is 3.82. The van der Waals surface area contributed by atoms with Crippen molar-refractivity contribution >= 4 is 29.3 Å². The molecule has 0 heterocycles. The number of benzene rings is 2. The van der Waals surface area contributed by atoms with Gasteiger partial charge in [-0.05, 0) is 40.3 Å². The molecule has 0 bridgehead atoms. The van der Waals surface area contributed by atoms with Gasteiger partial charge in [-0.3, -0.25) is 4.18 Å². The Labute approximate surface area is 171 Å². The fourth-order valence-electron chi connectivity index (χ4n) is 2.66. The summed E-state index contributed by atoms with van der Waals surface area (Å²) in [6.07, 6.45) is 0. The summed E-state index contributed by atoms with van der Waals surface area (Å²) in [7, 11) is -3.77. The molecule has 0 amide bonds. The van der Waals surface area contributed by atoms with Gasteiger partial charge in [-0.15, -0.1) is 0 Å². The Morgan fingerprint density at radius 1 is 0.885 bits per heavy atom. The van der Waals surface area contributed by atoms with Crippen LogP contribution in [0.2, 0.25) is 0 Å². The first-order chi connectivity index (χ1) is 10.9. The van der Waals surface area contributed by atoms with Gasteiger partial charge in [-0.1, -0.05) is 65.8 Å². The zero-order valence-corrected chi connectivity index (χ0v) is 18.6. The van der Waals surface area contributed by atoms with Gasteiger partial charge in [0.25, 0.3) is 10.1 Å². The third-order valence-corrected chi connectivity index (χ3v) is 5.61. The van der Waals surface area contributed by atoms with Crippen LogP contribution in [-0.4, -0.2) is 23.4 Å². The molecule has 0 fully saturated rings. The molecular weight excluding hydrogens is 387 g/mol. The van der Waals surface area contributed by atoms with Gasteiger partial charge in [-0.25, -0.2) is 0 Å². The van der Waals surface area contributed by atoms with E-state index in [9.17, 15) is 8.42 Å². The number of rotatable bonds is 3. The fraction of sp³-hybridized carbons (Fsp3) is 0.500. The minimum Gasteiger partial charge on any atom is -0.267 e. The van der Waals surface area contributed by atoms with Gasteiger partial charge in [0.1, 0.15) is 4.90 Å². The molecule has 0 unspecified atom stereocenters. The Kier molecular flexibility index (Phi) is 8.21. The maximum absolute atomic E-state index is 12.6. The van der Waals surface area contributed by atoms with Crippen molar-refractivity contribution in [3.05, 3.63) is 41.5 Å². The van der Waals surface area contributed by atoms with Crippen LogP contribution in [0.25, 0.3) is 10.8 Å². The average molecular weight is 415 g/mol. The van der Waals surface area contributed by atoms with Crippen LogP contribution in [-0.2, 0) is 42.2 Å². The molecule has 0 saturated heterocycles. The molecule has 3 nitrogen and oxygen atoms in total. The van der Waals surface area contributed by atoms with Crippen LogP contribution >= 0.6 is 0 Å². The van der Waals surface area contributed by atoms with Gasteiger partial charge in [0.2, 0.25) is 0 Å². The first-order valence-corrected chi connectivity index (χ1v) is 9.75. The quantitative estimate of drug-likeness (QED) is 0.536. The summed E-state index contributed by atoms with van der Waals surface area (Å²) < 4.78 is 30.2. The van der Waals surface area contributed by atoms with Crippen molar-refractivity contribution in [1.82, 2.24) is 0 Å². The normalized spacial score (nSPS) is 12.4. The first-order valence-electron chi connectivity index (χ1n) is 8.34. The molecule has 0 spiro atoms. The van der Waals surface area contributed by atoms with E-state index in [0.717, 1.165) is 10.9 Å². The van der Waals surface area contributed by atoms with Crippen molar-refractivity contribution in [1.29, 1.82) is 0 Å². The second-order valence-corrected chi connectivity index (χ2v) is 9.85. The van der Waals surface area contributed by atoms with E-state index in [1.165, 1.54) is 5.56 Å². The van der Waals surface area contributed by atoms with Crippen molar-refractivity contribution in [3.63, 3.8) is 0 Å². The van der Waals surface area contributed by atoms with E-state index in [1.54, 1.807) is 13.0 Å². The average Bonchev–Trinajstić information content (AvgIpc) is 2.43. The summed E-state index contributed by atoms with van der Waals surface area (Å²) >= 11 is 0. The summed E-state index contributed by atoms with van der Waals surface area (Å²) in [5.74, 6) is 0. The van der Waals surface area contributed by atoms with Crippen LogP contribution in [0.3, 0.4) is 0 Å². The minimum atomic E-state index is -3.77. The Morgan fingerprint density at radius 3 is 1.85 bits per heavy atom. The summed E-state index contributed by atoms with van der Waals surface area (Å²) in [6.45, 7) is 14.5. The molecule has 26 heavy (non-hydrogen) atoms. The van der Waals surface area contributed by atoms with Crippen molar-refractivity contribution in [3.8, 4) is 0 Å². The molecule has 143 valence electrons. The van der Waals surface area contributed by atoms with Crippen molar-refractivity contribution < 1.29 is 29.7 Å².